The smallest absolute Gasteiger partial charge is 0.211 e. The van der Waals surface area contributed by atoms with Gasteiger partial charge in [0.05, 0.1) is 5.75 Å². The van der Waals surface area contributed by atoms with Crippen LogP contribution in [0.4, 0.5) is 0 Å². The van der Waals surface area contributed by atoms with Crippen molar-refractivity contribution in [2.24, 2.45) is 11.1 Å². The Labute approximate surface area is 116 Å². The molecule has 1 rings (SSSR count). The summed E-state index contributed by atoms with van der Waals surface area (Å²) in [6.07, 6.45) is 0.640. The zero-order chi connectivity index (χ0) is 14.5. The van der Waals surface area contributed by atoms with Gasteiger partial charge in [-0.1, -0.05) is 45.0 Å². The summed E-state index contributed by atoms with van der Waals surface area (Å²) >= 11 is 0. The standard InChI is InChI=1S/C14H24N2O2S/c1-14(2,3)8-9-19(17,18)16-11-13-7-5-4-6-12(13)10-15/h4-7,16H,8-11,15H2,1-3H3. The first-order valence-electron chi connectivity index (χ1n) is 6.48. The number of nitrogens with one attached hydrogen (secondary N) is 1. The summed E-state index contributed by atoms with van der Waals surface area (Å²) in [5.74, 6) is 0.154. The van der Waals surface area contributed by atoms with Crippen LogP contribution < -0.4 is 10.5 Å². The predicted molar refractivity (Wildman–Crippen MR) is 79.0 cm³/mol. The molecular formula is C14H24N2O2S. The van der Waals surface area contributed by atoms with Crippen molar-refractivity contribution in [2.45, 2.75) is 40.3 Å². The van der Waals surface area contributed by atoms with Crippen LogP contribution in [0.15, 0.2) is 24.3 Å². The molecule has 4 nitrogen and oxygen atoms in total. The van der Waals surface area contributed by atoms with Crippen molar-refractivity contribution in [3.63, 3.8) is 0 Å². The third-order valence-electron chi connectivity index (χ3n) is 2.94. The van der Waals surface area contributed by atoms with Gasteiger partial charge < -0.3 is 5.73 Å². The van der Waals surface area contributed by atoms with Crippen molar-refractivity contribution >= 4 is 10.0 Å². The lowest BCUT2D eigenvalue weighted by molar-refractivity contribution is 0.396. The quantitative estimate of drug-likeness (QED) is 0.839. The molecule has 19 heavy (non-hydrogen) atoms. The Hall–Kier alpha value is -0.910. The van der Waals surface area contributed by atoms with E-state index in [-0.39, 0.29) is 11.2 Å². The fourth-order valence-electron chi connectivity index (χ4n) is 1.63. The van der Waals surface area contributed by atoms with E-state index in [0.717, 1.165) is 11.1 Å². The molecule has 0 amide bonds. The third-order valence-corrected chi connectivity index (χ3v) is 4.27. The first-order valence-corrected chi connectivity index (χ1v) is 8.13. The van der Waals surface area contributed by atoms with Crippen LogP contribution in [0.3, 0.4) is 0 Å². The molecule has 0 radical (unpaired) electrons. The minimum absolute atomic E-state index is 0.0178. The zero-order valence-electron chi connectivity index (χ0n) is 11.9. The van der Waals surface area contributed by atoms with E-state index in [1.54, 1.807) is 0 Å². The van der Waals surface area contributed by atoms with E-state index in [1.165, 1.54) is 0 Å². The van der Waals surface area contributed by atoms with Crippen LogP contribution in [0, 0.1) is 5.41 Å². The molecule has 5 heteroatoms. The van der Waals surface area contributed by atoms with Gasteiger partial charge in [0.2, 0.25) is 10.0 Å². The van der Waals surface area contributed by atoms with Crippen LogP contribution in [0.2, 0.25) is 0 Å². The van der Waals surface area contributed by atoms with Gasteiger partial charge in [-0.15, -0.1) is 0 Å². The first kappa shape index (κ1) is 16.1. The summed E-state index contributed by atoms with van der Waals surface area (Å²) in [5, 5.41) is 0. The Morgan fingerprint density at radius 2 is 1.74 bits per heavy atom. The van der Waals surface area contributed by atoms with Crippen LogP contribution >= 0.6 is 0 Å². The predicted octanol–water partition coefficient (Wildman–Crippen LogP) is 2.00. The average Bonchev–Trinajstić information content (AvgIpc) is 2.34. The summed E-state index contributed by atoms with van der Waals surface area (Å²) in [6.45, 7) is 6.82. The van der Waals surface area contributed by atoms with Crippen molar-refractivity contribution < 1.29 is 8.42 Å². The maximum atomic E-state index is 11.9. The molecule has 0 saturated carbocycles. The fraction of sp³-hybridized carbons (Fsp3) is 0.571. The Bertz CT molecular complexity index is 504. The van der Waals surface area contributed by atoms with Crippen LogP contribution in [-0.4, -0.2) is 14.2 Å². The molecule has 0 fully saturated rings. The van der Waals surface area contributed by atoms with Gasteiger partial charge in [-0.25, -0.2) is 13.1 Å². The van der Waals surface area contributed by atoms with Crippen LogP contribution in [-0.2, 0) is 23.1 Å². The van der Waals surface area contributed by atoms with Gasteiger partial charge in [-0.3, -0.25) is 0 Å². The summed E-state index contributed by atoms with van der Waals surface area (Å²) < 4.78 is 26.5. The first-order chi connectivity index (χ1) is 8.73. The number of benzene rings is 1. The second-order valence-electron chi connectivity index (χ2n) is 5.92. The maximum absolute atomic E-state index is 11.9. The van der Waals surface area contributed by atoms with Crippen molar-refractivity contribution in [1.29, 1.82) is 0 Å². The average molecular weight is 284 g/mol. The van der Waals surface area contributed by atoms with Crippen LogP contribution in [0.25, 0.3) is 0 Å². The normalized spacial score (nSPS) is 12.6. The highest BCUT2D eigenvalue weighted by molar-refractivity contribution is 7.89. The molecule has 0 unspecified atom stereocenters. The lowest BCUT2D eigenvalue weighted by atomic mass is 9.94. The van der Waals surface area contributed by atoms with Gasteiger partial charge in [-0.05, 0) is 23.0 Å². The molecule has 0 aliphatic carbocycles. The van der Waals surface area contributed by atoms with Crippen molar-refractivity contribution in [3.05, 3.63) is 35.4 Å². The molecule has 0 aliphatic rings. The molecule has 0 atom stereocenters. The second-order valence-corrected chi connectivity index (χ2v) is 7.85. The number of hydrogen-bond donors (Lipinski definition) is 2. The Balaban J connectivity index is 2.60. The summed E-state index contributed by atoms with van der Waals surface area (Å²) in [6, 6.07) is 7.60. The maximum Gasteiger partial charge on any atom is 0.211 e. The van der Waals surface area contributed by atoms with Gasteiger partial charge >= 0.3 is 0 Å². The van der Waals surface area contributed by atoms with Crippen molar-refractivity contribution in [1.82, 2.24) is 4.72 Å². The largest absolute Gasteiger partial charge is 0.326 e. The van der Waals surface area contributed by atoms with Crippen molar-refractivity contribution in [2.75, 3.05) is 5.75 Å². The zero-order valence-corrected chi connectivity index (χ0v) is 12.8. The van der Waals surface area contributed by atoms with Gasteiger partial charge in [0.1, 0.15) is 0 Å². The molecule has 0 aliphatic heterocycles. The summed E-state index contributed by atoms with van der Waals surface area (Å²) in [4.78, 5) is 0. The van der Waals surface area contributed by atoms with Crippen LogP contribution in [0.5, 0.6) is 0 Å². The van der Waals surface area contributed by atoms with E-state index in [1.807, 2.05) is 45.0 Å². The van der Waals surface area contributed by atoms with Crippen LogP contribution in [0.1, 0.15) is 38.3 Å². The molecule has 0 aromatic heterocycles. The van der Waals surface area contributed by atoms with E-state index < -0.39 is 10.0 Å². The van der Waals surface area contributed by atoms with Gasteiger partial charge in [-0.2, -0.15) is 0 Å². The number of nitrogens with two attached hydrogens (primary N) is 1. The topological polar surface area (TPSA) is 72.2 Å². The number of rotatable bonds is 6. The van der Waals surface area contributed by atoms with E-state index in [9.17, 15) is 8.42 Å². The number of hydrogen-bond acceptors (Lipinski definition) is 3. The highest BCUT2D eigenvalue weighted by atomic mass is 32.2. The SMILES string of the molecule is CC(C)(C)CCS(=O)(=O)NCc1ccccc1CN. The molecule has 0 bridgehead atoms. The Kier molecular flexibility index (Phi) is 5.52. The van der Waals surface area contributed by atoms with Gasteiger partial charge in [0.25, 0.3) is 0 Å². The lowest BCUT2D eigenvalue weighted by Crippen LogP contribution is -2.28. The molecule has 0 heterocycles. The highest BCUT2D eigenvalue weighted by Crippen LogP contribution is 2.19. The van der Waals surface area contributed by atoms with E-state index in [4.69, 9.17) is 5.73 Å². The molecule has 0 saturated heterocycles. The van der Waals surface area contributed by atoms with Gasteiger partial charge in [0, 0.05) is 13.1 Å². The molecule has 0 spiro atoms. The lowest BCUT2D eigenvalue weighted by Gasteiger charge is -2.18. The monoisotopic (exact) mass is 284 g/mol. The minimum atomic E-state index is -3.23. The third kappa shape index (κ3) is 6.18. The molecule has 1 aromatic carbocycles. The summed E-state index contributed by atoms with van der Waals surface area (Å²) in [7, 11) is -3.23. The molecular weight excluding hydrogens is 260 g/mol. The molecule has 3 N–H and O–H groups in total. The van der Waals surface area contributed by atoms with E-state index in [0.29, 0.717) is 19.5 Å². The molecule has 108 valence electrons. The Morgan fingerprint density at radius 3 is 2.26 bits per heavy atom. The van der Waals surface area contributed by atoms with Gasteiger partial charge in [0.15, 0.2) is 0 Å². The summed E-state index contributed by atoms with van der Waals surface area (Å²) in [5.41, 5.74) is 7.55. The van der Waals surface area contributed by atoms with Crippen molar-refractivity contribution in [3.8, 4) is 0 Å². The second kappa shape index (κ2) is 6.50. The van der Waals surface area contributed by atoms with E-state index in [2.05, 4.69) is 4.72 Å². The number of sulfonamides is 1. The fourth-order valence-corrected chi connectivity index (χ4v) is 3.03. The van der Waals surface area contributed by atoms with E-state index >= 15 is 0 Å². The minimum Gasteiger partial charge on any atom is -0.326 e. The molecule has 1 aromatic rings. The highest BCUT2D eigenvalue weighted by Gasteiger charge is 2.17. The Morgan fingerprint density at radius 1 is 1.16 bits per heavy atom.